The van der Waals surface area contributed by atoms with Crippen molar-refractivity contribution in [3.05, 3.63) is 28.6 Å². The van der Waals surface area contributed by atoms with Crippen LogP contribution in [-0.2, 0) is 0 Å². The molecule has 0 fully saturated rings. The van der Waals surface area contributed by atoms with Gasteiger partial charge in [0, 0.05) is 0 Å². The Morgan fingerprint density at radius 3 is 2.23 bits per heavy atom. The van der Waals surface area contributed by atoms with E-state index in [1.807, 2.05) is 6.92 Å². The Bertz CT molecular complexity index is 329. The lowest BCUT2D eigenvalue weighted by Gasteiger charge is -2.14. The minimum absolute atomic E-state index is 0.256. The highest BCUT2D eigenvalue weighted by atomic mass is 19.1. The van der Waals surface area contributed by atoms with Gasteiger partial charge in [0.25, 0.3) is 0 Å². The van der Waals surface area contributed by atoms with Crippen LogP contribution in [0.3, 0.4) is 0 Å². The molecule has 0 amide bonds. The molecule has 1 aromatic carbocycles. The molecule has 0 unspecified atom stereocenters. The second kappa shape index (κ2) is 3.36. The van der Waals surface area contributed by atoms with E-state index in [-0.39, 0.29) is 11.5 Å². The molecule has 1 rings (SSSR count). The lowest BCUT2D eigenvalue weighted by atomic mass is 9.94. The molecule has 0 saturated heterocycles. The zero-order valence-corrected chi connectivity index (χ0v) is 8.61. The quantitative estimate of drug-likeness (QED) is 0.662. The van der Waals surface area contributed by atoms with Crippen molar-refractivity contribution in [3.8, 4) is 0 Å². The van der Waals surface area contributed by atoms with Crippen molar-refractivity contribution in [1.82, 2.24) is 0 Å². The summed E-state index contributed by atoms with van der Waals surface area (Å²) in [4.78, 5) is 0. The van der Waals surface area contributed by atoms with Gasteiger partial charge in [0.05, 0.1) is 5.69 Å². The minimum Gasteiger partial charge on any atom is -0.396 e. The lowest BCUT2D eigenvalue weighted by molar-refractivity contribution is 0.619. The van der Waals surface area contributed by atoms with Crippen LogP contribution in [0.1, 0.15) is 36.5 Å². The van der Waals surface area contributed by atoms with Crippen molar-refractivity contribution in [2.24, 2.45) is 0 Å². The van der Waals surface area contributed by atoms with Gasteiger partial charge in [-0.25, -0.2) is 4.39 Å². The first kappa shape index (κ1) is 10.0. The van der Waals surface area contributed by atoms with Gasteiger partial charge in [-0.15, -0.1) is 0 Å². The number of rotatable bonds is 1. The number of hydrogen-bond acceptors (Lipinski definition) is 1. The number of nitrogen functional groups attached to an aromatic ring is 1. The molecule has 0 aromatic heterocycles. The van der Waals surface area contributed by atoms with E-state index in [0.29, 0.717) is 11.5 Å². The van der Waals surface area contributed by atoms with E-state index in [1.54, 1.807) is 13.0 Å². The molecule has 13 heavy (non-hydrogen) atoms. The van der Waals surface area contributed by atoms with Crippen LogP contribution in [0, 0.1) is 19.7 Å². The SMILES string of the molecule is Cc1c(C(C)C)cc(N)c(F)c1C. The first-order valence-electron chi connectivity index (χ1n) is 4.50. The van der Waals surface area contributed by atoms with Gasteiger partial charge in [0.2, 0.25) is 0 Å². The predicted octanol–water partition coefficient (Wildman–Crippen LogP) is 3.15. The fourth-order valence-electron chi connectivity index (χ4n) is 1.54. The van der Waals surface area contributed by atoms with Gasteiger partial charge in [-0.1, -0.05) is 13.8 Å². The zero-order valence-electron chi connectivity index (χ0n) is 8.61. The van der Waals surface area contributed by atoms with Crippen molar-refractivity contribution in [2.45, 2.75) is 33.6 Å². The summed E-state index contributed by atoms with van der Waals surface area (Å²) < 4.78 is 13.3. The Hall–Kier alpha value is -1.05. The Kier molecular flexibility index (Phi) is 2.60. The van der Waals surface area contributed by atoms with Crippen LogP contribution in [-0.4, -0.2) is 0 Å². The average molecular weight is 181 g/mol. The summed E-state index contributed by atoms with van der Waals surface area (Å²) in [5.74, 6) is 0.114. The minimum atomic E-state index is -0.276. The van der Waals surface area contributed by atoms with Crippen LogP contribution < -0.4 is 5.73 Å². The fraction of sp³-hybridized carbons (Fsp3) is 0.455. The predicted molar refractivity (Wildman–Crippen MR) is 54.4 cm³/mol. The average Bonchev–Trinajstić information content (AvgIpc) is 2.07. The molecular weight excluding hydrogens is 165 g/mol. The maximum atomic E-state index is 13.3. The Labute approximate surface area is 78.8 Å². The number of halogens is 1. The van der Waals surface area contributed by atoms with Crippen LogP contribution in [0.25, 0.3) is 0 Å². The van der Waals surface area contributed by atoms with Gasteiger partial charge in [-0.3, -0.25) is 0 Å². The third-order valence-electron chi connectivity index (χ3n) is 2.51. The zero-order chi connectivity index (χ0) is 10.2. The third kappa shape index (κ3) is 1.67. The molecule has 0 saturated carbocycles. The van der Waals surface area contributed by atoms with Crippen molar-refractivity contribution in [2.75, 3.05) is 5.73 Å². The Morgan fingerprint density at radius 1 is 1.23 bits per heavy atom. The number of benzene rings is 1. The summed E-state index contributed by atoms with van der Waals surface area (Å²) in [7, 11) is 0. The van der Waals surface area contributed by atoms with E-state index in [1.165, 1.54) is 0 Å². The van der Waals surface area contributed by atoms with Crippen LogP contribution >= 0.6 is 0 Å². The highest BCUT2D eigenvalue weighted by molar-refractivity contribution is 5.51. The molecule has 0 bridgehead atoms. The summed E-state index contributed by atoms with van der Waals surface area (Å²) >= 11 is 0. The normalized spacial score (nSPS) is 10.9. The standard InChI is InChI=1S/C11H16FN/c1-6(2)9-5-10(13)11(12)8(4)7(9)3/h5-6H,13H2,1-4H3. The summed E-state index contributed by atoms with van der Waals surface area (Å²) in [6.07, 6.45) is 0. The van der Waals surface area contributed by atoms with Gasteiger partial charge in [-0.05, 0) is 42.5 Å². The molecule has 2 N–H and O–H groups in total. The molecule has 0 heterocycles. The van der Waals surface area contributed by atoms with Gasteiger partial charge in [0.15, 0.2) is 0 Å². The van der Waals surface area contributed by atoms with Crippen molar-refractivity contribution in [3.63, 3.8) is 0 Å². The topological polar surface area (TPSA) is 26.0 Å². The molecule has 0 aliphatic heterocycles. The maximum Gasteiger partial charge on any atom is 0.149 e. The van der Waals surface area contributed by atoms with Crippen molar-refractivity contribution in [1.29, 1.82) is 0 Å². The monoisotopic (exact) mass is 181 g/mol. The second-order valence-corrected chi connectivity index (χ2v) is 3.77. The number of hydrogen-bond donors (Lipinski definition) is 1. The molecule has 0 aliphatic rings. The summed E-state index contributed by atoms with van der Waals surface area (Å²) in [6, 6.07) is 1.74. The van der Waals surface area contributed by atoms with E-state index >= 15 is 0 Å². The molecule has 72 valence electrons. The van der Waals surface area contributed by atoms with Gasteiger partial charge in [-0.2, -0.15) is 0 Å². The van der Waals surface area contributed by atoms with E-state index < -0.39 is 0 Å². The molecule has 1 nitrogen and oxygen atoms in total. The molecule has 0 aliphatic carbocycles. The van der Waals surface area contributed by atoms with Crippen molar-refractivity contribution >= 4 is 5.69 Å². The first-order valence-corrected chi connectivity index (χ1v) is 4.50. The molecule has 2 heteroatoms. The molecule has 0 atom stereocenters. The van der Waals surface area contributed by atoms with E-state index in [0.717, 1.165) is 11.1 Å². The Morgan fingerprint density at radius 2 is 1.77 bits per heavy atom. The van der Waals surface area contributed by atoms with E-state index in [4.69, 9.17) is 5.73 Å². The highest BCUT2D eigenvalue weighted by Gasteiger charge is 2.11. The summed E-state index contributed by atoms with van der Waals surface area (Å²) in [5, 5.41) is 0. The van der Waals surface area contributed by atoms with E-state index in [2.05, 4.69) is 13.8 Å². The molecule has 1 aromatic rings. The van der Waals surface area contributed by atoms with Crippen molar-refractivity contribution < 1.29 is 4.39 Å². The highest BCUT2D eigenvalue weighted by Crippen LogP contribution is 2.27. The van der Waals surface area contributed by atoms with Gasteiger partial charge < -0.3 is 5.73 Å². The van der Waals surface area contributed by atoms with Crippen LogP contribution in [0.5, 0.6) is 0 Å². The summed E-state index contributed by atoms with van der Waals surface area (Å²) in [5.41, 5.74) is 8.63. The number of nitrogens with two attached hydrogens (primary N) is 1. The summed E-state index contributed by atoms with van der Waals surface area (Å²) in [6.45, 7) is 7.87. The molecule has 0 spiro atoms. The fourth-order valence-corrected chi connectivity index (χ4v) is 1.54. The van der Waals surface area contributed by atoms with Crippen LogP contribution in [0.2, 0.25) is 0 Å². The first-order chi connectivity index (χ1) is 5.95. The van der Waals surface area contributed by atoms with Gasteiger partial charge >= 0.3 is 0 Å². The number of anilines is 1. The maximum absolute atomic E-state index is 13.3. The third-order valence-corrected chi connectivity index (χ3v) is 2.51. The smallest absolute Gasteiger partial charge is 0.149 e. The lowest BCUT2D eigenvalue weighted by Crippen LogP contribution is -2.02. The second-order valence-electron chi connectivity index (χ2n) is 3.77. The molecular formula is C11H16FN. The largest absolute Gasteiger partial charge is 0.396 e. The van der Waals surface area contributed by atoms with Gasteiger partial charge in [0.1, 0.15) is 5.82 Å². The van der Waals surface area contributed by atoms with E-state index in [9.17, 15) is 4.39 Å². The Balaban J connectivity index is 3.41. The molecule has 0 radical (unpaired) electrons. The van der Waals surface area contributed by atoms with Crippen LogP contribution in [0.4, 0.5) is 10.1 Å². The van der Waals surface area contributed by atoms with Crippen LogP contribution in [0.15, 0.2) is 6.07 Å².